The number of hydrogen-bond acceptors (Lipinski definition) is 6. The first kappa shape index (κ1) is 33.4. The van der Waals surface area contributed by atoms with Crippen molar-refractivity contribution in [2.75, 3.05) is 19.8 Å². The van der Waals surface area contributed by atoms with Crippen LogP contribution in [-0.2, 0) is 9.53 Å². The molecule has 0 unspecified atom stereocenters. The maximum atomic E-state index is 14.8. The monoisotopic (exact) mass is 590 g/mol. The summed E-state index contributed by atoms with van der Waals surface area (Å²) in [5, 5.41) is 0. The van der Waals surface area contributed by atoms with Gasteiger partial charge >= 0.3 is 11.9 Å². The second-order valence-corrected chi connectivity index (χ2v) is 10.3. The molecule has 0 N–H and O–H groups in total. The summed E-state index contributed by atoms with van der Waals surface area (Å²) in [6, 6.07) is 18.7. The second kappa shape index (κ2) is 19.1. The molecule has 3 aromatic carbocycles. The van der Waals surface area contributed by atoms with E-state index in [2.05, 4.69) is 13.5 Å². The molecule has 0 fully saturated rings. The Morgan fingerprint density at radius 3 is 1.81 bits per heavy atom. The van der Waals surface area contributed by atoms with Crippen LogP contribution in [-0.4, -0.2) is 31.8 Å². The van der Waals surface area contributed by atoms with Gasteiger partial charge in [0.25, 0.3) is 0 Å². The zero-order valence-electron chi connectivity index (χ0n) is 25.2. The van der Waals surface area contributed by atoms with E-state index in [1.807, 2.05) is 24.3 Å². The molecular weight excluding hydrogens is 547 g/mol. The summed E-state index contributed by atoms with van der Waals surface area (Å²) in [6.07, 6.45) is 12.0. The highest BCUT2D eigenvalue weighted by Crippen LogP contribution is 2.28. The molecule has 0 saturated carbocycles. The molecule has 230 valence electrons. The highest BCUT2D eigenvalue weighted by Gasteiger charge is 2.13. The van der Waals surface area contributed by atoms with Gasteiger partial charge in [-0.05, 0) is 91.8 Å². The fourth-order valence-corrected chi connectivity index (χ4v) is 4.40. The fraction of sp³-hybridized carbons (Fsp3) is 0.389. The number of carbonyl (C=O) groups excluding carboxylic acids is 2. The lowest BCUT2D eigenvalue weighted by molar-refractivity contribution is -0.137. The molecule has 0 aromatic heterocycles. The highest BCUT2D eigenvalue weighted by atomic mass is 19.1. The molecule has 0 bridgehead atoms. The van der Waals surface area contributed by atoms with Crippen LogP contribution < -0.4 is 14.2 Å². The lowest BCUT2D eigenvalue weighted by Gasteiger charge is -2.10. The van der Waals surface area contributed by atoms with Crippen LogP contribution in [0.1, 0.15) is 81.5 Å². The van der Waals surface area contributed by atoms with Crippen LogP contribution in [0, 0.1) is 5.82 Å². The average molecular weight is 591 g/mol. The molecule has 7 heteroatoms. The van der Waals surface area contributed by atoms with Gasteiger partial charge < -0.3 is 18.9 Å². The Labute approximate surface area is 254 Å². The SMILES string of the molecule is C=CC(=O)OCCCCCCOc1ccc(C(=O)Oc2ccc(-c3ccc(OCCCCCCCC)cc3)cc2F)cc1. The molecule has 43 heavy (non-hydrogen) atoms. The maximum Gasteiger partial charge on any atom is 0.343 e. The van der Waals surface area contributed by atoms with E-state index in [1.165, 1.54) is 44.2 Å². The fourth-order valence-electron chi connectivity index (χ4n) is 4.40. The number of benzene rings is 3. The van der Waals surface area contributed by atoms with Crippen molar-refractivity contribution in [2.24, 2.45) is 0 Å². The molecule has 3 rings (SSSR count). The van der Waals surface area contributed by atoms with Crippen LogP contribution in [0.3, 0.4) is 0 Å². The molecule has 3 aromatic rings. The Morgan fingerprint density at radius 1 is 0.698 bits per heavy atom. The van der Waals surface area contributed by atoms with Gasteiger partial charge in [-0.15, -0.1) is 0 Å². The summed E-state index contributed by atoms with van der Waals surface area (Å²) >= 11 is 0. The first-order chi connectivity index (χ1) is 21.0. The topological polar surface area (TPSA) is 71.1 Å². The van der Waals surface area contributed by atoms with E-state index >= 15 is 0 Å². The van der Waals surface area contributed by atoms with Crippen molar-refractivity contribution in [1.82, 2.24) is 0 Å². The van der Waals surface area contributed by atoms with E-state index in [0.717, 1.165) is 49.5 Å². The largest absolute Gasteiger partial charge is 0.494 e. The standard InChI is InChI=1S/C36H43FO6/c1-3-5-6-7-8-11-24-40-31-19-14-28(15-20-31)30-18-23-34(33(37)27-30)43-36(39)29-16-21-32(22-17-29)41-25-12-9-10-13-26-42-35(38)4-2/h4,14-23,27H,2-3,5-13,24-26H2,1H3. The van der Waals surface area contributed by atoms with Gasteiger partial charge in [-0.3, -0.25) is 0 Å². The maximum absolute atomic E-state index is 14.8. The van der Waals surface area contributed by atoms with Gasteiger partial charge in [0, 0.05) is 6.08 Å². The molecule has 0 amide bonds. The summed E-state index contributed by atoms with van der Waals surface area (Å²) < 4.78 is 36.7. The Bertz CT molecular complexity index is 1270. The third-order valence-electron chi connectivity index (χ3n) is 6.90. The quantitative estimate of drug-likeness (QED) is 0.0566. The Kier molecular flexibility index (Phi) is 14.9. The van der Waals surface area contributed by atoms with E-state index in [4.69, 9.17) is 18.9 Å². The normalized spacial score (nSPS) is 10.7. The molecule has 0 spiro atoms. The van der Waals surface area contributed by atoms with Crippen molar-refractivity contribution in [3.63, 3.8) is 0 Å². The third kappa shape index (κ3) is 12.3. The molecule has 6 nitrogen and oxygen atoms in total. The molecule has 0 heterocycles. The number of rotatable bonds is 20. The zero-order chi connectivity index (χ0) is 30.7. The van der Waals surface area contributed by atoms with Crippen molar-refractivity contribution < 1.29 is 32.9 Å². The minimum absolute atomic E-state index is 0.132. The smallest absolute Gasteiger partial charge is 0.343 e. The number of unbranched alkanes of at least 4 members (excludes halogenated alkanes) is 8. The average Bonchev–Trinajstić information content (AvgIpc) is 3.03. The van der Waals surface area contributed by atoms with Gasteiger partial charge in [0.1, 0.15) is 11.5 Å². The van der Waals surface area contributed by atoms with Crippen molar-refractivity contribution in [1.29, 1.82) is 0 Å². The summed E-state index contributed by atoms with van der Waals surface area (Å²) in [6.45, 7) is 7.18. The Hall–Kier alpha value is -4.13. The van der Waals surface area contributed by atoms with Crippen LogP contribution in [0.25, 0.3) is 11.1 Å². The number of carbonyl (C=O) groups is 2. The van der Waals surface area contributed by atoms with Crippen LogP contribution in [0.5, 0.6) is 17.2 Å². The van der Waals surface area contributed by atoms with E-state index < -0.39 is 17.8 Å². The van der Waals surface area contributed by atoms with E-state index in [1.54, 1.807) is 30.3 Å². The summed E-state index contributed by atoms with van der Waals surface area (Å²) in [7, 11) is 0. The lowest BCUT2D eigenvalue weighted by atomic mass is 10.1. The summed E-state index contributed by atoms with van der Waals surface area (Å²) in [4.78, 5) is 23.6. The molecule has 0 saturated heterocycles. The van der Waals surface area contributed by atoms with Gasteiger partial charge in [-0.25, -0.2) is 14.0 Å². The molecule has 0 aliphatic carbocycles. The van der Waals surface area contributed by atoms with Gasteiger partial charge in [0.2, 0.25) is 0 Å². The van der Waals surface area contributed by atoms with Crippen LogP contribution in [0.4, 0.5) is 4.39 Å². The number of ether oxygens (including phenoxy) is 4. The van der Waals surface area contributed by atoms with Crippen molar-refractivity contribution in [3.8, 4) is 28.4 Å². The molecule has 0 aliphatic rings. The molecule has 0 atom stereocenters. The van der Waals surface area contributed by atoms with E-state index in [9.17, 15) is 14.0 Å². The van der Waals surface area contributed by atoms with Crippen molar-refractivity contribution in [3.05, 3.63) is 90.8 Å². The van der Waals surface area contributed by atoms with Gasteiger partial charge in [-0.2, -0.15) is 0 Å². The summed E-state index contributed by atoms with van der Waals surface area (Å²) in [5.74, 6) is -0.380. The van der Waals surface area contributed by atoms with E-state index in [-0.39, 0.29) is 5.75 Å². The van der Waals surface area contributed by atoms with Gasteiger partial charge in [0.15, 0.2) is 11.6 Å². The van der Waals surface area contributed by atoms with Crippen molar-refractivity contribution >= 4 is 11.9 Å². The number of hydrogen-bond donors (Lipinski definition) is 0. The summed E-state index contributed by atoms with van der Waals surface area (Å²) in [5.41, 5.74) is 1.81. The first-order valence-electron chi connectivity index (χ1n) is 15.3. The minimum atomic E-state index is -0.651. The zero-order valence-corrected chi connectivity index (χ0v) is 25.2. The Morgan fingerprint density at radius 2 is 1.23 bits per heavy atom. The second-order valence-electron chi connectivity index (χ2n) is 10.3. The molecule has 0 aliphatic heterocycles. The predicted octanol–water partition coefficient (Wildman–Crippen LogP) is 9.12. The van der Waals surface area contributed by atoms with Crippen LogP contribution in [0.2, 0.25) is 0 Å². The minimum Gasteiger partial charge on any atom is -0.494 e. The van der Waals surface area contributed by atoms with Crippen molar-refractivity contribution in [2.45, 2.75) is 71.1 Å². The predicted molar refractivity (Wildman–Crippen MR) is 167 cm³/mol. The van der Waals surface area contributed by atoms with Crippen LogP contribution >= 0.6 is 0 Å². The van der Waals surface area contributed by atoms with Gasteiger partial charge in [0.05, 0.1) is 25.4 Å². The van der Waals surface area contributed by atoms with Gasteiger partial charge in [-0.1, -0.05) is 63.8 Å². The molecular formula is C36H43FO6. The van der Waals surface area contributed by atoms with E-state index in [0.29, 0.717) is 36.7 Å². The Balaban J connectivity index is 1.39. The highest BCUT2D eigenvalue weighted by molar-refractivity contribution is 5.91. The number of esters is 2. The number of halogens is 1. The first-order valence-corrected chi connectivity index (χ1v) is 15.3. The third-order valence-corrected chi connectivity index (χ3v) is 6.90. The molecule has 0 radical (unpaired) electrons. The lowest BCUT2D eigenvalue weighted by Crippen LogP contribution is -2.09. The van der Waals surface area contributed by atoms with Crippen LogP contribution in [0.15, 0.2) is 79.4 Å².